The van der Waals surface area contributed by atoms with Gasteiger partial charge in [0.05, 0.1) is 0 Å². The first-order valence-corrected chi connectivity index (χ1v) is 9.25. The number of hydrogen-bond donors (Lipinski definition) is 0. The Bertz CT molecular complexity index is 167. The third-order valence-electron chi connectivity index (χ3n) is 0.537. The second-order valence-corrected chi connectivity index (χ2v) is 12.5. The molecule has 0 aliphatic carbocycles. The van der Waals surface area contributed by atoms with Crippen LogP contribution in [0.15, 0.2) is 0 Å². The standard InChI is InChI=1S/C6H18NP2.ClH/c1-8(2,3)7-9(4,5)6;/h1-6H3;1H/q+1;/p-1. The lowest BCUT2D eigenvalue weighted by molar-refractivity contribution is -0.00000271. The van der Waals surface area contributed by atoms with Crippen molar-refractivity contribution in [3.8, 4) is 0 Å². The van der Waals surface area contributed by atoms with E-state index < -0.39 is 14.1 Å². The fourth-order valence-corrected chi connectivity index (χ4v) is 7.24. The molecule has 0 bridgehead atoms. The fraction of sp³-hybridized carbons (Fsp3) is 1.00. The summed E-state index contributed by atoms with van der Waals surface area (Å²) in [7, 11) is -1.73. The second-order valence-electron chi connectivity index (χ2n) is 3.97. The Labute approximate surface area is 71.1 Å². The van der Waals surface area contributed by atoms with Crippen LogP contribution < -0.4 is 16.6 Å². The molecule has 10 heavy (non-hydrogen) atoms. The van der Waals surface area contributed by atoms with E-state index in [1.165, 1.54) is 0 Å². The zero-order valence-electron chi connectivity index (χ0n) is 7.72. The third kappa shape index (κ3) is 11.6. The molecule has 0 heterocycles. The quantitative estimate of drug-likeness (QED) is 0.361. The highest BCUT2D eigenvalue weighted by atomic mass is 35.5. The van der Waals surface area contributed by atoms with Gasteiger partial charge in [0.2, 0.25) is 14.1 Å². The van der Waals surface area contributed by atoms with E-state index >= 15 is 0 Å². The lowest BCUT2D eigenvalue weighted by atomic mass is 11.9. The van der Waals surface area contributed by atoms with Gasteiger partial charge in [-0.25, -0.2) is 0 Å². The van der Waals surface area contributed by atoms with Gasteiger partial charge >= 0.3 is 0 Å². The zero-order valence-corrected chi connectivity index (χ0v) is 10.3. The van der Waals surface area contributed by atoms with Gasteiger partial charge in [0.15, 0.2) is 0 Å². The summed E-state index contributed by atoms with van der Waals surface area (Å²) >= 11 is 0. The first-order chi connectivity index (χ1) is 3.71. The highest BCUT2D eigenvalue weighted by molar-refractivity contribution is 7.71. The van der Waals surface area contributed by atoms with Crippen LogP contribution in [0.1, 0.15) is 0 Å². The van der Waals surface area contributed by atoms with Gasteiger partial charge in [0.1, 0.15) is 0 Å². The van der Waals surface area contributed by atoms with Gasteiger partial charge < -0.3 is 12.4 Å². The third-order valence-corrected chi connectivity index (χ3v) is 4.83. The smallest absolute Gasteiger partial charge is 0.207 e. The van der Waals surface area contributed by atoms with Crippen LogP contribution in [0.3, 0.4) is 0 Å². The molecular weight excluding hydrogens is 183 g/mol. The minimum Gasteiger partial charge on any atom is -1.00 e. The molecule has 0 saturated carbocycles. The lowest BCUT2D eigenvalue weighted by Gasteiger charge is -1.91. The summed E-state index contributed by atoms with van der Waals surface area (Å²) in [6.45, 7) is 13.6. The predicted molar refractivity (Wildman–Crippen MR) is 51.5 cm³/mol. The van der Waals surface area contributed by atoms with Crippen molar-refractivity contribution in [2.45, 2.75) is 0 Å². The maximum absolute atomic E-state index is 4.76. The maximum Gasteiger partial charge on any atom is 0.207 e. The van der Waals surface area contributed by atoms with E-state index in [-0.39, 0.29) is 12.4 Å². The predicted octanol–water partition coefficient (Wildman–Crippen LogP) is -0.761. The highest BCUT2D eigenvalue weighted by Gasteiger charge is 2.10. The Balaban J connectivity index is 0. The minimum atomic E-state index is -0.863. The second kappa shape index (κ2) is 4.03. The number of rotatable bonds is 0. The molecule has 0 atom stereocenters. The number of nitrogens with zero attached hydrogens (tertiary/aromatic N) is 1. The number of halogens is 1. The Hall–Kier alpha value is 0.860. The van der Waals surface area contributed by atoms with Gasteiger partial charge in [-0.15, -0.1) is 0 Å². The molecular formula is C6H18ClNP2. The van der Waals surface area contributed by atoms with Crippen molar-refractivity contribution >= 4 is 14.1 Å². The van der Waals surface area contributed by atoms with Crippen LogP contribution in [-0.4, -0.2) is 40.0 Å². The average Bonchev–Trinajstić information content (AvgIpc) is 1.14. The van der Waals surface area contributed by atoms with E-state index in [4.69, 9.17) is 4.17 Å². The van der Waals surface area contributed by atoms with Gasteiger partial charge in [0.25, 0.3) is 0 Å². The SMILES string of the molecule is CP(C)(C)=[N+]=P(C)(C)C.[Cl-]. The Morgan fingerprint density at radius 3 is 0.900 bits per heavy atom. The van der Waals surface area contributed by atoms with Gasteiger partial charge in [-0.2, -0.15) is 4.17 Å². The Morgan fingerprint density at radius 1 is 0.700 bits per heavy atom. The first-order valence-electron chi connectivity index (χ1n) is 3.08. The molecule has 0 aromatic carbocycles. The van der Waals surface area contributed by atoms with Crippen LogP contribution in [0.25, 0.3) is 0 Å². The molecule has 0 N–H and O–H groups in total. The molecule has 0 amide bonds. The van der Waals surface area contributed by atoms with Crippen molar-refractivity contribution in [1.29, 1.82) is 0 Å². The molecule has 0 spiro atoms. The van der Waals surface area contributed by atoms with Gasteiger partial charge in [0, 0.05) is 40.0 Å². The Morgan fingerprint density at radius 2 is 0.900 bits per heavy atom. The summed E-state index contributed by atoms with van der Waals surface area (Å²) in [6, 6.07) is 0. The van der Waals surface area contributed by atoms with E-state index in [0.717, 1.165) is 0 Å². The molecule has 4 heteroatoms. The maximum atomic E-state index is 4.76. The van der Waals surface area contributed by atoms with Crippen LogP contribution in [0.4, 0.5) is 0 Å². The molecule has 0 aromatic heterocycles. The van der Waals surface area contributed by atoms with Crippen LogP contribution in [0.5, 0.6) is 0 Å². The van der Waals surface area contributed by atoms with Crippen molar-refractivity contribution < 1.29 is 12.4 Å². The van der Waals surface area contributed by atoms with E-state index in [1.54, 1.807) is 0 Å². The van der Waals surface area contributed by atoms with Crippen molar-refractivity contribution in [3.05, 3.63) is 0 Å². The van der Waals surface area contributed by atoms with Gasteiger partial charge in [-0.05, 0) is 0 Å². The molecule has 0 aliphatic heterocycles. The Kier molecular flexibility index (Phi) is 5.42. The van der Waals surface area contributed by atoms with E-state index in [9.17, 15) is 0 Å². The minimum absolute atomic E-state index is 0. The van der Waals surface area contributed by atoms with Crippen molar-refractivity contribution in [2.24, 2.45) is 0 Å². The van der Waals surface area contributed by atoms with Crippen LogP contribution in [0, 0.1) is 0 Å². The largest absolute Gasteiger partial charge is 1.00 e. The summed E-state index contributed by atoms with van der Waals surface area (Å²) in [5.74, 6) is 0. The monoisotopic (exact) mass is 201 g/mol. The fourth-order valence-electron chi connectivity index (χ4n) is 0.805. The topological polar surface area (TPSA) is 14.1 Å². The molecule has 0 radical (unpaired) electrons. The van der Waals surface area contributed by atoms with Gasteiger partial charge in [-0.1, -0.05) is 0 Å². The van der Waals surface area contributed by atoms with E-state index in [0.29, 0.717) is 0 Å². The summed E-state index contributed by atoms with van der Waals surface area (Å²) in [4.78, 5) is 0. The summed E-state index contributed by atoms with van der Waals surface area (Å²) < 4.78 is 4.76. The molecule has 1 nitrogen and oxygen atoms in total. The normalized spacial score (nSPS) is 11.8. The van der Waals surface area contributed by atoms with Crippen molar-refractivity contribution in [1.82, 2.24) is 4.17 Å². The molecule has 0 aromatic rings. The average molecular weight is 202 g/mol. The molecule has 0 fully saturated rings. The van der Waals surface area contributed by atoms with Crippen LogP contribution in [-0.2, 0) is 0 Å². The highest BCUT2D eigenvalue weighted by Crippen LogP contribution is 2.38. The summed E-state index contributed by atoms with van der Waals surface area (Å²) in [5, 5.41) is 0. The summed E-state index contributed by atoms with van der Waals surface area (Å²) in [5.41, 5.74) is 0. The van der Waals surface area contributed by atoms with Gasteiger partial charge in [-0.3, -0.25) is 0 Å². The van der Waals surface area contributed by atoms with E-state index in [2.05, 4.69) is 40.0 Å². The van der Waals surface area contributed by atoms with Crippen LogP contribution >= 0.6 is 14.1 Å². The molecule has 0 rings (SSSR count). The number of hydrogen-bond acceptors (Lipinski definition) is 0. The first kappa shape index (κ1) is 13.4. The zero-order chi connectivity index (χ0) is 7.71. The summed E-state index contributed by atoms with van der Waals surface area (Å²) in [6.07, 6.45) is 0. The van der Waals surface area contributed by atoms with Crippen molar-refractivity contribution in [2.75, 3.05) is 40.0 Å². The van der Waals surface area contributed by atoms with Crippen molar-refractivity contribution in [3.63, 3.8) is 0 Å². The van der Waals surface area contributed by atoms with E-state index in [1.807, 2.05) is 0 Å². The lowest BCUT2D eigenvalue weighted by Crippen LogP contribution is -3.00. The van der Waals surface area contributed by atoms with Crippen LogP contribution in [0.2, 0.25) is 0 Å². The molecule has 0 aliphatic rings. The molecule has 0 unspecified atom stereocenters. The molecule has 0 saturated heterocycles. The molecule has 64 valence electrons.